The van der Waals surface area contributed by atoms with Crippen LogP contribution in [-0.4, -0.2) is 16.7 Å². The molecule has 0 aliphatic heterocycles. The lowest BCUT2D eigenvalue weighted by molar-refractivity contribution is -0.385. The number of aryl methyl sites for hydroxylation is 1. The van der Waals surface area contributed by atoms with Gasteiger partial charge in [0.05, 0.1) is 28.6 Å². The van der Waals surface area contributed by atoms with Gasteiger partial charge < -0.3 is 10.6 Å². The zero-order valence-corrected chi connectivity index (χ0v) is 14.9. The Morgan fingerprint density at radius 2 is 1.77 bits per heavy atom. The van der Waals surface area contributed by atoms with Crippen LogP contribution in [0.25, 0.3) is 0 Å². The molecular formula is C19H21N3O4. The van der Waals surface area contributed by atoms with Crippen LogP contribution in [0.5, 0.6) is 0 Å². The van der Waals surface area contributed by atoms with Gasteiger partial charge in [-0.1, -0.05) is 35.9 Å². The highest BCUT2D eigenvalue weighted by atomic mass is 16.6. The van der Waals surface area contributed by atoms with Crippen molar-refractivity contribution in [1.82, 2.24) is 5.32 Å². The number of hydrogen-bond donors (Lipinski definition) is 2. The fraction of sp³-hybridized carbons (Fsp3) is 0.263. The molecule has 1 atom stereocenters. The number of nitro benzene ring substituents is 1. The van der Waals surface area contributed by atoms with Gasteiger partial charge in [0.1, 0.15) is 0 Å². The molecule has 136 valence electrons. The van der Waals surface area contributed by atoms with Gasteiger partial charge in [0, 0.05) is 13.0 Å². The van der Waals surface area contributed by atoms with Gasteiger partial charge in [-0.05, 0) is 25.5 Å². The van der Waals surface area contributed by atoms with E-state index in [1.165, 1.54) is 19.1 Å². The first-order chi connectivity index (χ1) is 12.3. The standard InChI is InChI=1S/C19H21N3O4/c1-12-7-9-15(10-8-12)17(20-14(3)23)11-19(24)21-16-5-4-6-18(13(16)2)22(25)26/h4-10,17H,11H2,1-3H3,(H,20,23)(H,21,24). The molecule has 2 aromatic rings. The normalized spacial score (nSPS) is 11.5. The van der Waals surface area contributed by atoms with E-state index in [9.17, 15) is 19.7 Å². The molecule has 2 aromatic carbocycles. The van der Waals surface area contributed by atoms with Crippen molar-refractivity contribution in [2.75, 3.05) is 5.32 Å². The number of carbonyl (C=O) groups is 2. The second-order valence-corrected chi connectivity index (χ2v) is 6.12. The zero-order valence-electron chi connectivity index (χ0n) is 14.9. The van der Waals surface area contributed by atoms with Crippen molar-refractivity contribution in [2.45, 2.75) is 33.2 Å². The molecule has 1 unspecified atom stereocenters. The van der Waals surface area contributed by atoms with Crippen LogP contribution in [0.2, 0.25) is 0 Å². The molecule has 2 amide bonds. The monoisotopic (exact) mass is 355 g/mol. The summed E-state index contributed by atoms with van der Waals surface area (Å²) in [6.07, 6.45) is 0.0186. The Morgan fingerprint density at radius 1 is 1.12 bits per heavy atom. The molecule has 0 spiro atoms. The van der Waals surface area contributed by atoms with Crippen molar-refractivity contribution in [3.63, 3.8) is 0 Å². The highest BCUT2D eigenvalue weighted by Crippen LogP contribution is 2.26. The summed E-state index contributed by atoms with van der Waals surface area (Å²) in [7, 11) is 0. The molecule has 0 aliphatic rings. The predicted octanol–water partition coefficient (Wildman–Crippen LogP) is 3.42. The van der Waals surface area contributed by atoms with Gasteiger partial charge in [-0.3, -0.25) is 19.7 Å². The maximum atomic E-state index is 12.4. The maximum absolute atomic E-state index is 12.4. The minimum atomic E-state index is -0.489. The van der Waals surface area contributed by atoms with Crippen LogP contribution in [0.1, 0.15) is 36.1 Å². The van der Waals surface area contributed by atoms with Gasteiger partial charge in [0.25, 0.3) is 5.69 Å². The largest absolute Gasteiger partial charge is 0.349 e. The van der Waals surface area contributed by atoms with Crippen LogP contribution in [0.4, 0.5) is 11.4 Å². The quantitative estimate of drug-likeness (QED) is 0.612. The minimum absolute atomic E-state index is 0.0186. The molecule has 2 N–H and O–H groups in total. The van der Waals surface area contributed by atoms with Gasteiger partial charge in [0.15, 0.2) is 0 Å². The van der Waals surface area contributed by atoms with E-state index in [0.29, 0.717) is 11.3 Å². The van der Waals surface area contributed by atoms with E-state index in [4.69, 9.17) is 0 Å². The Morgan fingerprint density at radius 3 is 2.35 bits per heavy atom. The lowest BCUT2D eigenvalue weighted by atomic mass is 10.0. The van der Waals surface area contributed by atoms with Gasteiger partial charge in [-0.2, -0.15) is 0 Å². The Bertz CT molecular complexity index is 831. The van der Waals surface area contributed by atoms with Gasteiger partial charge in [-0.25, -0.2) is 0 Å². The van der Waals surface area contributed by atoms with E-state index >= 15 is 0 Å². The van der Waals surface area contributed by atoms with Crippen LogP contribution in [0, 0.1) is 24.0 Å². The van der Waals surface area contributed by atoms with E-state index in [2.05, 4.69) is 10.6 Å². The van der Waals surface area contributed by atoms with Gasteiger partial charge >= 0.3 is 0 Å². The lowest BCUT2D eigenvalue weighted by Gasteiger charge is -2.18. The molecular weight excluding hydrogens is 334 g/mol. The highest BCUT2D eigenvalue weighted by molar-refractivity contribution is 5.93. The Labute approximate surface area is 151 Å². The smallest absolute Gasteiger partial charge is 0.274 e. The third-order valence-corrected chi connectivity index (χ3v) is 4.02. The Kier molecular flexibility index (Phi) is 6.06. The average molecular weight is 355 g/mol. The summed E-state index contributed by atoms with van der Waals surface area (Å²) in [5.74, 6) is -0.581. The van der Waals surface area contributed by atoms with E-state index < -0.39 is 11.0 Å². The number of benzene rings is 2. The summed E-state index contributed by atoms with van der Waals surface area (Å²) < 4.78 is 0. The third kappa shape index (κ3) is 4.89. The molecule has 0 aliphatic carbocycles. The van der Waals surface area contributed by atoms with Crippen LogP contribution in [-0.2, 0) is 9.59 Å². The molecule has 0 saturated carbocycles. The summed E-state index contributed by atoms with van der Waals surface area (Å²) in [5, 5.41) is 16.5. The topological polar surface area (TPSA) is 101 Å². The first-order valence-corrected chi connectivity index (χ1v) is 8.15. The minimum Gasteiger partial charge on any atom is -0.349 e. The predicted molar refractivity (Wildman–Crippen MR) is 98.8 cm³/mol. The summed E-state index contributed by atoms with van der Waals surface area (Å²) in [5.41, 5.74) is 2.61. The first kappa shape index (κ1) is 19.1. The molecule has 0 heterocycles. The van der Waals surface area contributed by atoms with Gasteiger partial charge in [0.2, 0.25) is 11.8 Å². The first-order valence-electron chi connectivity index (χ1n) is 8.15. The van der Waals surface area contributed by atoms with Crippen molar-refractivity contribution in [2.24, 2.45) is 0 Å². The van der Waals surface area contributed by atoms with Crippen LogP contribution >= 0.6 is 0 Å². The second kappa shape index (κ2) is 8.24. The van der Waals surface area contributed by atoms with E-state index in [1.807, 2.05) is 31.2 Å². The fourth-order valence-electron chi connectivity index (χ4n) is 2.64. The van der Waals surface area contributed by atoms with Crippen LogP contribution < -0.4 is 10.6 Å². The second-order valence-electron chi connectivity index (χ2n) is 6.12. The number of rotatable bonds is 6. The molecule has 0 fully saturated rings. The molecule has 0 aromatic heterocycles. The van der Waals surface area contributed by atoms with Crippen LogP contribution in [0.3, 0.4) is 0 Å². The Balaban J connectivity index is 2.17. The number of nitrogens with one attached hydrogen (secondary N) is 2. The molecule has 0 radical (unpaired) electrons. The zero-order chi connectivity index (χ0) is 19.3. The summed E-state index contributed by atoms with van der Waals surface area (Å²) in [6.45, 7) is 4.93. The molecule has 0 saturated heterocycles. The number of nitro groups is 1. The van der Waals surface area contributed by atoms with E-state index in [-0.39, 0.29) is 23.9 Å². The Hall–Kier alpha value is -3.22. The average Bonchev–Trinajstić information content (AvgIpc) is 2.56. The van der Waals surface area contributed by atoms with E-state index in [1.54, 1.807) is 13.0 Å². The van der Waals surface area contributed by atoms with Crippen molar-refractivity contribution in [3.8, 4) is 0 Å². The highest BCUT2D eigenvalue weighted by Gasteiger charge is 2.19. The van der Waals surface area contributed by atoms with Crippen molar-refractivity contribution in [3.05, 3.63) is 69.3 Å². The molecule has 7 nitrogen and oxygen atoms in total. The SMILES string of the molecule is CC(=O)NC(CC(=O)Nc1cccc([N+](=O)[O-])c1C)c1ccc(C)cc1. The van der Waals surface area contributed by atoms with E-state index in [0.717, 1.165) is 11.1 Å². The van der Waals surface area contributed by atoms with Crippen molar-refractivity contribution in [1.29, 1.82) is 0 Å². The van der Waals surface area contributed by atoms with Crippen molar-refractivity contribution < 1.29 is 14.5 Å². The fourth-order valence-corrected chi connectivity index (χ4v) is 2.64. The van der Waals surface area contributed by atoms with Gasteiger partial charge in [-0.15, -0.1) is 0 Å². The van der Waals surface area contributed by atoms with Crippen LogP contribution in [0.15, 0.2) is 42.5 Å². The summed E-state index contributed by atoms with van der Waals surface area (Å²) >= 11 is 0. The number of hydrogen-bond acceptors (Lipinski definition) is 4. The maximum Gasteiger partial charge on any atom is 0.274 e. The number of nitrogens with zero attached hydrogens (tertiary/aromatic N) is 1. The number of anilines is 1. The lowest BCUT2D eigenvalue weighted by Crippen LogP contribution is -2.29. The molecule has 7 heteroatoms. The molecule has 26 heavy (non-hydrogen) atoms. The van der Waals surface area contributed by atoms with Crippen molar-refractivity contribution >= 4 is 23.2 Å². The number of carbonyl (C=O) groups excluding carboxylic acids is 2. The molecule has 0 bridgehead atoms. The summed E-state index contributed by atoms with van der Waals surface area (Å²) in [4.78, 5) is 34.5. The third-order valence-electron chi connectivity index (χ3n) is 4.02. The molecule has 2 rings (SSSR count). The summed E-state index contributed by atoms with van der Waals surface area (Å²) in [6, 6.07) is 11.6. The number of amides is 2.